The van der Waals surface area contributed by atoms with Crippen LogP contribution in [0.4, 0.5) is 0 Å². The second-order valence-electron chi connectivity index (χ2n) is 16.4. The molecule has 8 rings (SSSR count). The lowest BCUT2D eigenvalue weighted by atomic mass is 9.95. The molecule has 2 saturated heterocycles. The zero-order chi connectivity index (χ0) is 40.4. The number of piperidine rings is 2. The van der Waals surface area contributed by atoms with Gasteiger partial charge in [0, 0.05) is 65.1 Å². The highest BCUT2D eigenvalue weighted by molar-refractivity contribution is 6.05. The van der Waals surface area contributed by atoms with Crippen LogP contribution in [0.3, 0.4) is 0 Å². The summed E-state index contributed by atoms with van der Waals surface area (Å²) in [6, 6.07) is 37.1. The lowest BCUT2D eigenvalue weighted by Crippen LogP contribution is -2.40. The van der Waals surface area contributed by atoms with E-state index in [2.05, 4.69) is 80.7 Å². The first-order valence-electron chi connectivity index (χ1n) is 21.1. The summed E-state index contributed by atoms with van der Waals surface area (Å²) in [5, 5.41) is 10.8. The number of amides is 2. The van der Waals surface area contributed by atoms with Crippen LogP contribution in [0.25, 0.3) is 21.8 Å². The van der Waals surface area contributed by atoms with Crippen LogP contribution < -0.4 is 0 Å². The number of aryl methyl sites for hydroxylation is 2. The van der Waals surface area contributed by atoms with E-state index in [1.54, 1.807) is 9.36 Å². The third-order valence-corrected chi connectivity index (χ3v) is 12.2. The van der Waals surface area contributed by atoms with Gasteiger partial charge in [-0.05, 0) is 99.8 Å². The minimum absolute atomic E-state index is 0. The van der Waals surface area contributed by atoms with Gasteiger partial charge in [0.05, 0.1) is 11.0 Å². The minimum Gasteiger partial charge on any atom is -0.412 e. The Morgan fingerprint density at radius 1 is 0.541 bits per heavy atom. The second kappa shape index (κ2) is 23.4. The first kappa shape index (κ1) is 48.9. The molecule has 328 valence electrons. The number of hydrogen-bond donors (Lipinski definition) is 0. The average molecular weight is 872 g/mol. The van der Waals surface area contributed by atoms with Gasteiger partial charge in [0.25, 0.3) is 11.8 Å². The Morgan fingerprint density at radius 3 is 1.23 bits per heavy atom. The van der Waals surface area contributed by atoms with Crippen molar-refractivity contribution >= 4 is 58.4 Å². The van der Waals surface area contributed by atoms with E-state index in [-0.39, 0.29) is 42.1 Å². The van der Waals surface area contributed by atoms with Crippen LogP contribution in [0.15, 0.2) is 109 Å². The lowest BCUT2D eigenvalue weighted by molar-refractivity contribution is 0.0725. The quantitative estimate of drug-likeness (QED) is 0.128. The Hall–Kier alpha value is -4.78. The van der Waals surface area contributed by atoms with Crippen LogP contribution in [0, 0.1) is 11.8 Å². The molecule has 4 heterocycles. The normalized spacial score (nSPS) is 14.9. The number of likely N-dealkylation sites (tertiary alicyclic amines) is 2. The van der Waals surface area contributed by atoms with Crippen molar-refractivity contribution in [2.24, 2.45) is 25.9 Å². The summed E-state index contributed by atoms with van der Waals surface area (Å²) in [4.78, 5) is 35.1. The predicted molar refractivity (Wildman–Crippen MR) is 252 cm³/mol. The fraction of sp³-hybridized carbons (Fsp3) is 0.417. The fourth-order valence-electron chi connectivity index (χ4n) is 8.75. The summed E-state index contributed by atoms with van der Waals surface area (Å²) >= 11 is 0. The SMILES string of the molecule is CN(CC1CCN(CCc2ccccc2)CC1)C(=O)c1c2ccccc2nn1C.CN(CC1CCN(CCc2ccccc2)CC1)C(=O)c1c2ccccc2nn1C.Cl.Cl.O. The molecule has 0 bridgehead atoms. The summed E-state index contributed by atoms with van der Waals surface area (Å²) in [6.45, 7) is 8.33. The molecule has 11 nitrogen and oxygen atoms in total. The molecule has 6 aromatic rings. The average Bonchev–Trinajstić information content (AvgIpc) is 3.78. The maximum atomic E-state index is 13.1. The smallest absolute Gasteiger partial charge is 0.272 e. The van der Waals surface area contributed by atoms with Gasteiger partial charge in [-0.2, -0.15) is 10.2 Å². The summed E-state index contributed by atoms with van der Waals surface area (Å²) in [6.07, 6.45) is 6.82. The van der Waals surface area contributed by atoms with Gasteiger partial charge < -0.3 is 25.1 Å². The predicted octanol–water partition coefficient (Wildman–Crippen LogP) is 7.22. The monoisotopic (exact) mass is 870 g/mol. The highest BCUT2D eigenvalue weighted by Gasteiger charge is 2.27. The Balaban J connectivity index is 0.000000256. The molecule has 0 unspecified atom stereocenters. The molecular formula is C48H64Cl2N8O3. The van der Waals surface area contributed by atoms with Gasteiger partial charge in [-0.25, -0.2) is 0 Å². The van der Waals surface area contributed by atoms with E-state index in [4.69, 9.17) is 0 Å². The van der Waals surface area contributed by atoms with E-state index < -0.39 is 0 Å². The number of carbonyl (C=O) groups excluding carboxylic acids is 2. The number of carbonyl (C=O) groups is 2. The third-order valence-electron chi connectivity index (χ3n) is 12.2. The molecule has 61 heavy (non-hydrogen) atoms. The van der Waals surface area contributed by atoms with E-state index in [0.29, 0.717) is 23.2 Å². The van der Waals surface area contributed by atoms with Crippen molar-refractivity contribution in [2.45, 2.75) is 38.5 Å². The maximum absolute atomic E-state index is 13.1. The summed E-state index contributed by atoms with van der Waals surface area (Å²) in [5.74, 6) is 1.26. The molecule has 2 aromatic heterocycles. The molecule has 0 spiro atoms. The van der Waals surface area contributed by atoms with Crippen molar-refractivity contribution in [3.8, 4) is 0 Å². The van der Waals surface area contributed by atoms with E-state index in [1.165, 1.54) is 11.1 Å². The molecule has 13 heteroatoms. The van der Waals surface area contributed by atoms with Crippen LogP contribution in [0.1, 0.15) is 57.8 Å². The maximum Gasteiger partial charge on any atom is 0.272 e. The van der Waals surface area contributed by atoms with Crippen LogP contribution in [0.2, 0.25) is 0 Å². The van der Waals surface area contributed by atoms with Crippen LogP contribution in [-0.2, 0) is 26.9 Å². The zero-order valence-corrected chi connectivity index (χ0v) is 37.8. The second-order valence-corrected chi connectivity index (χ2v) is 16.4. The highest BCUT2D eigenvalue weighted by Crippen LogP contribution is 2.24. The first-order valence-corrected chi connectivity index (χ1v) is 21.1. The van der Waals surface area contributed by atoms with Gasteiger partial charge in [0.15, 0.2) is 0 Å². The van der Waals surface area contributed by atoms with Crippen molar-refractivity contribution in [3.63, 3.8) is 0 Å². The van der Waals surface area contributed by atoms with Gasteiger partial charge in [-0.3, -0.25) is 19.0 Å². The number of benzene rings is 4. The fourth-order valence-corrected chi connectivity index (χ4v) is 8.75. The minimum atomic E-state index is 0. The lowest BCUT2D eigenvalue weighted by Gasteiger charge is -2.34. The molecule has 0 atom stereocenters. The summed E-state index contributed by atoms with van der Waals surface area (Å²) < 4.78 is 3.44. The van der Waals surface area contributed by atoms with Gasteiger partial charge >= 0.3 is 0 Å². The Labute approximate surface area is 373 Å². The molecule has 0 aliphatic carbocycles. The van der Waals surface area contributed by atoms with E-state index in [9.17, 15) is 9.59 Å². The molecule has 2 aliphatic heterocycles. The molecule has 2 fully saturated rings. The Morgan fingerprint density at radius 2 is 0.869 bits per heavy atom. The third kappa shape index (κ3) is 12.6. The highest BCUT2D eigenvalue weighted by atomic mass is 35.5. The van der Waals surface area contributed by atoms with Crippen molar-refractivity contribution in [2.75, 3.05) is 66.5 Å². The summed E-state index contributed by atoms with van der Waals surface area (Å²) in [7, 11) is 7.55. The zero-order valence-electron chi connectivity index (χ0n) is 36.2. The Bertz CT molecular complexity index is 2090. The van der Waals surface area contributed by atoms with Crippen LogP contribution in [-0.4, -0.2) is 123 Å². The van der Waals surface area contributed by atoms with Crippen molar-refractivity contribution in [1.82, 2.24) is 39.2 Å². The van der Waals surface area contributed by atoms with Crippen LogP contribution >= 0.6 is 24.8 Å². The molecule has 2 amide bonds. The van der Waals surface area contributed by atoms with E-state index in [1.807, 2.05) is 86.5 Å². The van der Waals surface area contributed by atoms with Crippen LogP contribution in [0.5, 0.6) is 0 Å². The van der Waals surface area contributed by atoms with Crippen molar-refractivity contribution < 1.29 is 15.1 Å². The number of aromatic nitrogens is 4. The van der Waals surface area contributed by atoms with Crippen molar-refractivity contribution in [1.29, 1.82) is 0 Å². The number of hydrogen-bond acceptors (Lipinski definition) is 6. The number of halogens is 2. The standard InChI is InChI=1S/2C24H30N4O.2ClH.H2O/c2*1-26(24(29)23-21-10-6-7-11-22(21)25-27(23)2)18-20-13-16-28(17-14-20)15-12-19-8-4-3-5-9-19;;;/h2*3-11,20H,12-18H2,1-2H3;2*1H;1H2. The van der Waals surface area contributed by atoms with Gasteiger partial charge in [0.1, 0.15) is 11.4 Å². The van der Waals surface area contributed by atoms with Gasteiger partial charge in [-0.15, -0.1) is 24.8 Å². The largest absolute Gasteiger partial charge is 0.412 e. The summed E-state index contributed by atoms with van der Waals surface area (Å²) in [5.41, 5.74) is 5.93. The van der Waals surface area contributed by atoms with E-state index in [0.717, 1.165) is 113 Å². The number of fused-ring (bicyclic) bond motifs is 2. The topological polar surface area (TPSA) is 114 Å². The molecule has 2 aliphatic rings. The molecule has 0 radical (unpaired) electrons. The molecule has 2 N–H and O–H groups in total. The molecule has 0 saturated carbocycles. The van der Waals surface area contributed by atoms with Gasteiger partial charge in [-0.1, -0.05) is 97.1 Å². The molecular weight excluding hydrogens is 807 g/mol. The molecule has 4 aromatic carbocycles. The number of rotatable bonds is 12. The Kier molecular flexibility index (Phi) is 18.8. The first-order chi connectivity index (χ1) is 28.2. The van der Waals surface area contributed by atoms with Crippen molar-refractivity contribution in [3.05, 3.63) is 132 Å². The number of nitrogens with zero attached hydrogens (tertiary/aromatic N) is 8. The van der Waals surface area contributed by atoms with E-state index >= 15 is 0 Å². The van der Waals surface area contributed by atoms with Gasteiger partial charge in [0.2, 0.25) is 0 Å².